The second-order valence-corrected chi connectivity index (χ2v) is 11.2. The van der Waals surface area contributed by atoms with Crippen molar-refractivity contribution in [3.8, 4) is 0 Å². The van der Waals surface area contributed by atoms with Gasteiger partial charge in [-0.2, -0.15) is 0 Å². The lowest BCUT2D eigenvalue weighted by Crippen LogP contribution is -3.00. The van der Waals surface area contributed by atoms with Crippen molar-refractivity contribution in [1.29, 1.82) is 0 Å². The fraction of sp³-hybridized carbons (Fsp3) is 0.192. The Morgan fingerprint density at radius 1 is 1.06 bits per heavy atom. The van der Waals surface area contributed by atoms with Crippen molar-refractivity contribution < 1.29 is 35.1 Å². The molecule has 190 valence electrons. The summed E-state index contributed by atoms with van der Waals surface area (Å²) in [5.74, 6) is 0.294. The molecule has 0 spiro atoms. The number of benzene rings is 3. The summed E-state index contributed by atoms with van der Waals surface area (Å²) in [6, 6.07) is 24.7. The fourth-order valence-electron chi connectivity index (χ4n) is 4.11. The molecule has 1 aliphatic rings. The standard InChI is InChI=1S/C26H27ClN3O3S2.BrH/c1-2-15-30-25(29(17-20-9-5-3-6-10-20)18-21-11-7-4-8-12-21)34-19-26(30,31)22-13-14-23(27)24(16-22)35(28,32)33;/h2-14,16,31H,1,15,17-19H2,(H2,28,32,33);1H/q+1;/p-1. The highest BCUT2D eigenvalue weighted by atomic mass is 79.9. The SMILES string of the molecule is C=CCN1C(=[N+](Cc2ccccc2)Cc2ccccc2)SCC1(O)c1ccc(Cl)c(S(N)(=O)=O)c1.[Br-]. The number of hydrogen-bond donors (Lipinski definition) is 2. The highest BCUT2D eigenvalue weighted by Crippen LogP contribution is 2.40. The minimum atomic E-state index is -4.06. The maximum Gasteiger partial charge on any atom is 0.312 e. The van der Waals surface area contributed by atoms with Crippen molar-refractivity contribution in [3.05, 3.63) is 113 Å². The van der Waals surface area contributed by atoms with Crippen LogP contribution in [0.3, 0.4) is 0 Å². The molecule has 3 aromatic rings. The molecule has 6 nitrogen and oxygen atoms in total. The van der Waals surface area contributed by atoms with Gasteiger partial charge in [-0.3, -0.25) is 0 Å². The molecule has 4 rings (SSSR count). The van der Waals surface area contributed by atoms with Crippen molar-refractivity contribution >= 4 is 38.6 Å². The minimum absolute atomic E-state index is 0. The molecule has 0 aliphatic carbocycles. The third-order valence-electron chi connectivity index (χ3n) is 5.79. The number of primary sulfonamides is 1. The van der Waals surface area contributed by atoms with Crippen LogP contribution >= 0.6 is 23.4 Å². The summed E-state index contributed by atoms with van der Waals surface area (Å²) in [5.41, 5.74) is 1.18. The number of nitrogens with zero attached hydrogens (tertiary/aromatic N) is 2. The van der Waals surface area contributed by atoms with Gasteiger partial charge in [-0.05, 0) is 35.0 Å². The molecule has 1 saturated heterocycles. The molecule has 3 N–H and O–H groups in total. The Labute approximate surface area is 231 Å². The number of sulfonamides is 1. The van der Waals surface area contributed by atoms with Crippen LogP contribution in [0, 0.1) is 0 Å². The molecule has 0 aromatic heterocycles. The summed E-state index contributed by atoms with van der Waals surface area (Å²) in [6.07, 6.45) is 1.72. The predicted octanol–water partition coefficient (Wildman–Crippen LogP) is 1.14. The van der Waals surface area contributed by atoms with E-state index in [0.717, 1.165) is 16.3 Å². The average molecular weight is 609 g/mol. The minimum Gasteiger partial charge on any atom is -1.00 e. The highest BCUT2D eigenvalue weighted by molar-refractivity contribution is 8.13. The molecule has 10 heteroatoms. The molecule has 1 atom stereocenters. The summed E-state index contributed by atoms with van der Waals surface area (Å²) in [7, 11) is -4.06. The van der Waals surface area contributed by atoms with Gasteiger partial charge in [-0.15, -0.1) is 0 Å². The second kappa shape index (κ2) is 11.9. The Morgan fingerprint density at radius 2 is 1.61 bits per heavy atom. The van der Waals surface area contributed by atoms with Crippen LogP contribution in [-0.4, -0.2) is 40.5 Å². The monoisotopic (exact) mass is 607 g/mol. The van der Waals surface area contributed by atoms with Gasteiger partial charge in [0.1, 0.15) is 24.5 Å². The zero-order valence-corrected chi connectivity index (χ0v) is 23.4. The van der Waals surface area contributed by atoms with Crippen molar-refractivity contribution in [2.24, 2.45) is 5.14 Å². The predicted molar refractivity (Wildman–Crippen MR) is 142 cm³/mol. The first kappa shape index (κ1) is 28.4. The van der Waals surface area contributed by atoms with Crippen molar-refractivity contribution in [2.75, 3.05) is 12.3 Å². The number of aliphatic hydroxyl groups is 1. The van der Waals surface area contributed by atoms with Crippen LogP contribution in [0.1, 0.15) is 16.7 Å². The van der Waals surface area contributed by atoms with Crippen LogP contribution in [0.15, 0.2) is 96.4 Å². The second-order valence-electron chi connectivity index (χ2n) is 8.30. The van der Waals surface area contributed by atoms with Crippen LogP contribution < -0.4 is 22.1 Å². The Balaban J connectivity index is 0.00000361. The first-order valence-electron chi connectivity index (χ1n) is 11.0. The zero-order chi connectivity index (χ0) is 25.1. The summed E-state index contributed by atoms with van der Waals surface area (Å²) >= 11 is 7.61. The molecular weight excluding hydrogens is 582 g/mol. The maximum absolute atomic E-state index is 12.1. The van der Waals surface area contributed by atoms with E-state index >= 15 is 0 Å². The third kappa shape index (κ3) is 6.22. The molecule has 0 radical (unpaired) electrons. The number of nitrogens with two attached hydrogens (primary N) is 1. The van der Waals surface area contributed by atoms with E-state index in [1.54, 1.807) is 12.1 Å². The molecule has 0 saturated carbocycles. The van der Waals surface area contributed by atoms with Gasteiger partial charge in [-0.1, -0.05) is 91.0 Å². The van der Waals surface area contributed by atoms with E-state index in [1.165, 1.54) is 23.9 Å². The van der Waals surface area contributed by atoms with Gasteiger partial charge in [0.15, 0.2) is 0 Å². The number of rotatable bonds is 8. The van der Waals surface area contributed by atoms with Crippen molar-refractivity contribution in [2.45, 2.75) is 23.7 Å². The molecule has 0 bridgehead atoms. The summed E-state index contributed by atoms with van der Waals surface area (Å²) in [4.78, 5) is 1.64. The number of amidine groups is 1. The van der Waals surface area contributed by atoms with Gasteiger partial charge >= 0.3 is 5.17 Å². The highest BCUT2D eigenvalue weighted by Gasteiger charge is 2.52. The molecule has 3 aromatic carbocycles. The topological polar surface area (TPSA) is 86.6 Å². The van der Waals surface area contributed by atoms with Gasteiger partial charge in [-0.25, -0.2) is 23.0 Å². The first-order chi connectivity index (χ1) is 16.7. The Bertz CT molecular complexity index is 1310. The van der Waals surface area contributed by atoms with E-state index in [4.69, 9.17) is 16.7 Å². The molecule has 1 heterocycles. The Kier molecular flexibility index (Phi) is 9.43. The fourth-order valence-corrected chi connectivity index (χ4v) is 6.53. The van der Waals surface area contributed by atoms with Crippen LogP contribution in [-0.2, 0) is 28.8 Å². The van der Waals surface area contributed by atoms with Crippen LogP contribution in [0.2, 0.25) is 5.02 Å². The van der Waals surface area contributed by atoms with E-state index in [-0.39, 0.29) is 26.9 Å². The molecular formula is C26H27BrClN3O3S2. The van der Waals surface area contributed by atoms with Gasteiger partial charge in [0, 0.05) is 5.56 Å². The molecule has 1 fully saturated rings. The van der Waals surface area contributed by atoms with Crippen LogP contribution in [0.4, 0.5) is 0 Å². The van der Waals surface area contributed by atoms with E-state index in [0.29, 0.717) is 31.0 Å². The summed E-state index contributed by atoms with van der Waals surface area (Å²) in [6.45, 7) is 5.50. The van der Waals surface area contributed by atoms with Crippen molar-refractivity contribution in [3.63, 3.8) is 0 Å². The first-order valence-corrected chi connectivity index (χ1v) is 13.9. The third-order valence-corrected chi connectivity index (χ3v) is 8.47. The number of hydrogen-bond acceptors (Lipinski definition) is 4. The molecule has 0 amide bonds. The summed E-state index contributed by atoms with van der Waals surface area (Å²) < 4.78 is 26.4. The quantitative estimate of drug-likeness (QED) is 0.296. The summed E-state index contributed by atoms with van der Waals surface area (Å²) in [5, 5.41) is 18.2. The van der Waals surface area contributed by atoms with Gasteiger partial charge < -0.3 is 22.1 Å². The molecule has 1 unspecified atom stereocenters. The van der Waals surface area contributed by atoms with E-state index in [9.17, 15) is 13.5 Å². The maximum atomic E-state index is 12.1. The average Bonchev–Trinajstić information content (AvgIpc) is 3.17. The molecule has 36 heavy (non-hydrogen) atoms. The van der Waals surface area contributed by atoms with Gasteiger partial charge in [0.25, 0.3) is 0 Å². The largest absolute Gasteiger partial charge is 1.00 e. The van der Waals surface area contributed by atoms with Gasteiger partial charge in [0.05, 0.1) is 10.8 Å². The lowest BCUT2D eigenvalue weighted by Gasteiger charge is -2.29. The van der Waals surface area contributed by atoms with Crippen LogP contribution in [0.5, 0.6) is 0 Å². The van der Waals surface area contributed by atoms with Crippen LogP contribution in [0.25, 0.3) is 0 Å². The lowest BCUT2D eigenvalue weighted by molar-refractivity contribution is -0.562. The van der Waals surface area contributed by atoms with E-state index in [1.807, 2.05) is 41.3 Å². The van der Waals surface area contributed by atoms with E-state index in [2.05, 4.69) is 35.4 Å². The zero-order valence-electron chi connectivity index (χ0n) is 19.4. The number of thioether (sulfide) groups is 1. The van der Waals surface area contributed by atoms with Gasteiger partial charge in [0.2, 0.25) is 15.7 Å². The van der Waals surface area contributed by atoms with E-state index < -0.39 is 15.7 Å². The van der Waals surface area contributed by atoms with Crippen molar-refractivity contribution in [1.82, 2.24) is 4.90 Å². The normalized spacial score (nSPS) is 17.5. The Hall–Kier alpha value is -2.14. The number of halogens is 2. The Morgan fingerprint density at radius 3 is 2.11 bits per heavy atom. The smallest absolute Gasteiger partial charge is 0.312 e. The lowest BCUT2D eigenvalue weighted by atomic mass is 10.0. The molecule has 1 aliphatic heterocycles.